The molecule has 1 atom stereocenters. The van der Waals surface area contributed by atoms with Crippen molar-refractivity contribution in [1.29, 1.82) is 0 Å². The zero-order chi connectivity index (χ0) is 22.8. The van der Waals surface area contributed by atoms with Gasteiger partial charge in [0, 0.05) is 38.3 Å². The van der Waals surface area contributed by atoms with E-state index in [1.54, 1.807) is 13.3 Å². The van der Waals surface area contributed by atoms with Gasteiger partial charge in [-0.1, -0.05) is 12.1 Å². The maximum atomic E-state index is 12.6. The number of benzene rings is 1. The van der Waals surface area contributed by atoms with Crippen molar-refractivity contribution in [3.05, 3.63) is 53.0 Å². The first kappa shape index (κ1) is 21.6. The summed E-state index contributed by atoms with van der Waals surface area (Å²) < 4.78 is 10.9. The highest BCUT2D eigenvalue weighted by atomic mass is 16.5. The molecular formula is C25H30N4O4. The third-order valence-electron chi connectivity index (χ3n) is 7.28. The van der Waals surface area contributed by atoms with Crippen LogP contribution in [-0.4, -0.2) is 56.3 Å². The topological polar surface area (TPSA) is 96.2 Å². The summed E-state index contributed by atoms with van der Waals surface area (Å²) in [6.07, 6.45) is 5.58. The standard InChI is InChI=1S/C25H30N4O4/c1-32-20-4-2-3-17(11-20)14-28-24(31)29-9-6-25(7-10-29)13-19(25)15-27-23(30)21-12-18-5-8-26-16-22(18)33-21/h2-4,11-12,16,19H,5-10,13-15H2,1H3,(H,27,30)(H,28,31). The molecule has 3 heterocycles. The third kappa shape index (κ3) is 4.60. The summed E-state index contributed by atoms with van der Waals surface area (Å²) in [5, 5.41) is 6.06. The number of rotatable bonds is 6. The zero-order valence-electron chi connectivity index (χ0n) is 18.9. The molecule has 2 fully saturated rings. The quantitative estimate of drug-likeness (QED) is 0.707. The fourth-order valence-corrected chi connectivity index (χ4v) is 5.05. The number of piperidine rings is 1. The maximum absolute atomic E-state index is 12.6. The van der Waals surface area contributed by atoms with Gasteiger partial charge >= 0.3 is 6.03 Å². The number of hydrogen-bond donors (Lipinski definition) is 2. The van der Waals surface area contributed by atoms with Crippen LogP contribution in [0.25, 0.3) is 0 Å². The second-order valence-electron chi connectivity index (χ2n) is 9.26. The fourth-order valence-electron chi connectivity index (χ4n) is 5.05. The third-order valence-corrected chi connectivity index (χ3v) is 7.28. The van der Waals surface area contributed by atoms with Crippen LogP contribution in [0.2, 0.25) is 0 Å². The van der Waals surface area contributed by atoms with E-state index in [4.69, 9.17) is 9.15 Å². The average Bonchev–Trinajstić information content (AvgIpc) is 3.32. The minimum atomic E-state index is -0.158. The maximum Gasteiger partial charge on any atom is 0.317 e. The summed E-state index contributed by atoms with van der Waals surface area (Å²) in [5.41, 5.74) is 2.32. The van der Waals surface area contributed by atoms with Crippen LogP contribution in [0, 0.1) is 11.3 Å². The number of methoxy groups -OCH3 is 1. The van der Waals surface area contributed by atoms with Crippen molar-refractivity contribution < 1.29 is 18.7 Å². The summed E-state index contributed by atoms with van der Waals surface area (Å²) in [4.78, 5) is 31.2. The van der Waals surface area contributed by atoms with Crippen LogP contribution >= 0.6 is 0 Å². The molecule has 1 spiro atoms. The summed E-state index contributed by atoms with van der Waals surface area (Å²) in [5.74, 6) is 2.16. The lowest BCUT2D eigenvalue weighted by molar-refractivity contribution is 0.0920. The number of furan rings is 1. The number of nitrogens with zero attached hydrogens (tertiary/aromatic N) is 2. The monoisotopic (exact) mass is 450 g/mol. The molecule has 1 aromatic carbocycles. The molecule has 3 amide bonds. The van der Waals surface area contributed by atoms with E-state index in [0.717, 1.165) is 62.2 Å². The molecule has 0 bridgehead atoms. The van der Waals surface area contributed by atoms with Crippen LogP contribution in [0.3, 0.4) is 0 Å². The van der Waals surface area contributed by atoms with Gasteiger partial charge in [-0.05, 0) is 60.8 Å². The number of nitrogens with one attached hydrogen (secondary N) is 2. The van der Waals surface area contributed by atoms with Crippen molar-refractivity contribution in [3.8, 4) is 5.75 Å². The van der Waals surface area contributed by atoms with Gasteiger partial charge in [0.2, 0.25) is 0 Å². The number of amides is 3. The van der Waals surface area contributed by atoms with Crippen LogP contribution in [0.1, 0.15) is 46.7 Å². The summed E-state index contributed by atoms with van der Waals surface area (Å²) in [7, 11) is 1.64. The molecule has 1 aliphatic carbocycles. The van der Waals surface area contributed by atoms with Gasteiger partial charge in [0.1, 0.15) is 11.5 Å². The van der Waals surface area contributed by atoms with E-state index >= 15 is 0 Å². The van der Waals surface area contributed by atoms with Crippen LogP contribution in [0.4, 0.5) is 4.79 Å². The first-order valence-electron chi connectivity index (χ1n) is 11.6. The van der Waals surface area contributed by atoms with E-state index in [2.05, 4.69) is 15.6 Å². The van der Waals surface area contributed by atoms with Crippen molar-refractivity contribution in [2.24, 2.45) is 16.3 Å². The van der Waals surface area contributed by atoms with E-state index in [1.165, 1.54) is 0 Å². The van der Waals surface area contributed by atoms with E-state index < -0.39 is 0 Å². The van der Waals surface area contributed by atoms with Gasteiger partial charge in [-0.2, -0.15) is 0 Å². The van der Waals surface area contributed by atoms with Gasteiger partial charge in [0.05, 0.1) is 13.3 Å². The number of ether oxygens (including phenoxy) is 1. The average molecular weight is 451 g/mol. The molecule has 1 saturated carbocycles. The molecule has 174 valence electrons. The molecule has 2 aliphatic heterocycles. The molecule has 5 rings (SSSR count). The Morgan fingerprint density at radius 1 is 1.24 bits per heavy atom. The van der Waals surface area contributed by atoms with Crippen LogP contribution < -0.4 is 15.4 Å². The number of likely N-dealkylation sites (tertiary alicyclic amines) is 1. The van der Waals surface area contributed by atoms with Gasteiger partial charge in [0.15, 0.2) is 5.76 Å². The van der Waals surface area contributed by atoms with E-state index in [0.29, 0.717) is 30.5 Å². The first-order valence-corrected chi connectivity index (χ1v) is 11.6. The van der Waals surface area contributed by atoms with Crippen molar-refractivity contribution >= 4 is 18.2 Å². The van der Waals surface area contributed by atoms with Crippen LogP contribution in [-0.2, 0) is 13.0 Å². The van der Waals surface area contributed by atoms with Crippen LogP contribution in [0.5, 0.6) is 5.75 Å². The predicted molar refractivity (Wildman–Crippen MR) is 124 cm³/mol. The normalized spacial score (nSPS) is 20.3. The number of fused-ring (bicyclic) bond motifs is 1. The van der Waals surface area contributed by atoms with E-state index in [1.807, 2.05) is 35.2 Å². The second kappa shape index (κ2) is 8.92. The summed E-state index contributed by atoms with van der Waals surface area (Å²) in [6, 6.07) is 9.53. The molecule has 0 radical (unpaired) electrons. The van der Waals surface area contributed by atoms with Gasteiger partial charge in [0.25, 0.3) is 5.91 Å². The molecule has 8 heteroatoms. The molecule has 33 heavy (non-hydrogen) atoms. The van der Waals surface area contributed by atoms with Gasteiger partial charge in [-0.25, -0.2) is 4.79 Å². The van der Waals surface area contributed by atoms with E-state index in [-0.39, 0.29) is 17.4 Å². The minimum Gasteiger partial charge on any atom is -0.497 e. The number of carbonyl (C=O) groups is 2. The Hall–Kier alpha value is -3.29. The minimum absolute atomic E-state index is 0.0245. The Morgan fingerprint density at radius 2 is 2.09 bits per heavy atom. The molecule has 3 aliphatic rings. The SMILES string of the molecule is COc1cccc(CNC(=O)N2CCC3(CC2)CC3CNC(=O)c2cc3c(o2)C=NCC3)c1. The fraction of sp³-hybridized carbons (Fsp3) is 0.480. The second-order valence-corrected chi connectivity index (χ2v) is 9.26. The molecule has 2 aromatic rings. The lowest BCUT2D eigenvalue weighted by atomic mass is 9.91. The summed E-state index contributed by atoms with van der Waals surface area (Å²) >= 11 is 0. The van der Waals surface area contributed by atoms with Crippen molar-refractivity contribution in [3.63, 3.8) is 0 Å². The Morgan fingerprint density at radius 3 is 2.88 bits per heavy atom. The van der Waals surface area contributed by atoms with Gasteiger partial charge in [-0.15, -0.1) is 0 Å². The van der Waals surface area contributed by atoms with E-state index in [9.17, 15) is 9.59 Å². The largest absolute Gasteiger partial charge is 0.497 e. The Balaban J connectivity index is 1.05. The van der Waals surface area contributed by atoms with Crippen LogP contribution in [0.15, 0.2) is 39.7 Å². The van der Waals surface area contributed by atoms with Crippen molar-refractivity contribution in [2.45, 2.75) is 32.2 Å². The molecule has 8 nitrogen and oxygen atoms in total. The highest BCUT2D eigenvalue weighted by Crippen LogP contribution is 2.59. The highest BCUT2D eigenvalue weighted by molar-refractivity contribution is 5.93. The highest BCUT2D eigenvalue weighted by Gasteiger charge is 2.54. The summed E-state index contributed by atoms with van der Waals surface area (Å²) in [6.45, 7) is 3.38. The van der Waals surface area contributed by atoms with Gasteiger partial charge in [-0.3, -0.25) is 9.79 Å². The predicted octanol–water partition coefficient (Wildman–Crippen LogP) is 3.00. The lowest BCUT2D eigenvalue weighted by Gasteiger charge is -2.33. The Labute approximate surface area is 193 Å². The Bertz CT molecular complexity index is 1070. The molecule has 1 aromatic heterocycles. The first-order chi connectivity index (χ1) is 16.1. The number of urea groups is 1. The molecule has 1 unspecified atom stereocenters. The smallest absolute Gasteiger partial charge is 0.317 e. The number of hydrogen-bond acceptors (Lipinski definition) is 5. The molecule has 2 N–H and O–H groups in total. The lowest BCUT2D eigenvalue weighted by Crippen LogP contribution is -2.45. The number of aliphatic imine (C=N–C) groups is 1. The Kier molecular flexibility index (Phi) is 5.83. The molecule has 1 saturated heterocycles. The van der Waals surface area contributed by atoms with Crippen molar-refractivity contribution in [1.82, 2.24) is 15.5 Å². The zero-order valence-corrected chi connectivity index (χ0v) is 18.9. The van der Waals surface area contributed by atoms with Gasteiger partial charge < -0.3 is 24.7 Å². The number of carbonyl (C=O) groups excluding carboxylic acids is 2. The van der Waals surface area contributed by atoms with Crippen molar-refractivity contribution in [2.75, 3.05) is 33.3 Å². The molecular weight excluding hydrogens is 420 g/mol.